The standard InChI is InChI=1S/C17H12F2INO3/c1-23-11-2-3-12-9(8-24-15(12)7-11)4-16(22)21-10-5-13(18)17(20)14(19)6-10/h2-3,5-8H,4H2,1H3,(H,21,22). The molecule has 0 aliphatic heterocycles. The number of anilines is 1. The van der Waals surface area contributed by atoms with Gasteiger partial charge in [0.25, 0.3) is 0 Å². The molecule has 0 saturated heterocycles. The summed E-state index contributed by atoms with van der Waals surface area (Å²) in [7, 11) is 1.55. The molecule has 4 nitrogen and oxygen atoms in total. The Hall–Kier alpha value is -2.16. The smallest absolute Gasteiger partial charge is 0.228 e. The first-order valence-electron chi connectivity index (χ1n) is 6.96. The van der Waals surface area contributed by atoms with E-state index in [0.717, 1.165) is 17.5 Å². The Morgan fingerprint density at radius 3 is 2.62 bits per heavy atom. The van der Waals surface area contributed by atoms with Crippen molar-refractivity contribution in [2.24, 2.45) is 0 Å². The van der Waals surface area contributed by atoms with Crippen molar-refractivity contribution < 1.29 is 22.7 Å². The van der Waals surface area contributed by atoms with Gasteiger partial charge in [-0.25, -0.2) is 8.78 Å². The maximum absolute atomic E-state index is 13.5. The van der Waals surface area contributed by atoms with Crippen LogP contribution in [0.5, 0.6) is 5.75 Å². The quantitative estimate of drug-likeness (QED) is 0.477. The van der Waals surface area contributed by atoms with Gasteiger partial charge in [0.05, 0.1) is 23.4 Å². The molecule has 1 N–H and O–H groups in total. The molecule has 7 heteroatoms. The second-order valence-electron chi connectivity index (χ2n) is 5.10. The molecule has 24 heavy (non-hydrogen) atoms. The molecule has 0 atom stereocenters. The Labute approximate surface area is 149 Å². The van der Waals surface area contributed by atoms with Crippen molar-refractivity contribution in [1.29, 1.82) is 0 Å². The number of hydrogen-bond acceptors (Lipinski definition) is 3. The second kappa shape index (κ2) is 6.76. The zero-order valence-electron chi connectivity index (χ0n) is 12.5. The minimum Gasteiger partial charge on any atom is -0.497 e. The summed E-state index contributed by atoms with van der Waals surface area (Å²) in [5, 5.41) is 3.27. The highest BCUT2D eigenvalue weighted by Gasteiger charge is 2.13. The van der Waals surface area contributed by atoms with Crippen molar-refractivity contribution >= 4 is 45.2 Å². The highest BCUT2D eigenvalue weighted by Crippen LogP contribution is 2.26. The molecule has 0 spiro atoms. The Kier molecular flexibility index (Phi) is 4.70. The molecule has 1 aromatic heterocycles. The van der Waals surface area contributed by atoms with E-state index in [0.29, 0.717) is 16.9 Å². The van der Waals surface area contributed by atoms with Crippen molar-refractivity contribution in [2.45, 2.75) is 6.42 Å². The van der Waals surface area contributed by atoms with E-state index in [1.54, 1.807) is 47.9 Å². The van der Waals surface area contributed by atoms with Gasteiger partial charge in [0.15, 0.2) is 0 Å². The van der Waals surface area contributed by atoms with Crippen LogP contribution in [0.3, 0.4) is 0 Å². The number of hydrogen-bond donors (Lipinski definition) is 1. The monoisotopic (exact) mass is 443 g/mol. The zero-order chi connectivity index (χ0) is 17.3. The molecule has 0 unspecified atom stereocenters. The highest BCUT2D eigenvalue weighted by atomic mass is 127. The summed E-state index contributed by atoms with van der Waals surface area (Å²) in [6.07, 6.45) is 1.51. The van der Waals surface area contributed by atoms with Gasteiger partial charge in [0, 0.05) is 22.7 Å². The molecule has 0 saturated carbocycles. The maximum atomic E-state index is 13.5. The zero-order valence-corrected chi connectivity index (χ0v) is 14.7. The fourth-order valence-electron chi connectivity index (χ4n) is 2.33. The van der Waals surface area contributed by atoms with E-state index in [1.807, 2.05) is 0 Å². The number of nitrogens with one attached hydrogen (secondary N) is 1. The van der Waals surface area contributed by atoms with E-state index in [2.05, 4.69) is 5.32 Å². The molecule has 0 radical (unpaired) electrons. The van der Waals surface area contributed by atoms with Gasteiger partial charge in [0.2, 0.25) is 5.91 Å². The van der Waals surface area contributed by atoms with Crippen LogP contribution in [-0.4, -0.2) is 13.0 Å². The number of amides is 1. The Balaban J connectivity index is 1.78. The molecule has 0 fully saturated rings. The molecule has 3 rings (SSSR count). The van der Waals surface area contributed by atoms with Crippen LogP contribution in [0.2, 0.25) is 0 Å². The molecule has 0 aliphatic carbocycles. The minimum absolute atomic E-state index is 0.0224. The SMILES string of the molecule is COc1ccc2c(CC(=O)Nc3cc(F)c(I)c(F)c3)coc2c1. The number of halogens is 3. The van der Waals surface area contributed by atoms with E-state index in [-0.39, 0.29) is 15.7 Å². The van der Waals surface area contributed by atoms with Crippen molar-refractivity contribution in [1.82, 2.24) is 0 Å². The third-order valence-corrected chi connectivity index (χ3v) is 4.51. The average Bonchev–Trinajstić information content (AvgIpc) is 2.94. The van der Waals surface area contributed by atoms with E-state index < -0.39 is 17.5 Å². The van der Waals surface area contributed by atoms with Gasteiger partial charge in [-0.05, 0) is 46.9 Å². The lowest BCUT2D eigenvalue weighted by Gasteiger charge is -2.06. The van der Waals surface area contributed by atoms with Gasteiger partial charge in [-0.2, -0.15) is 0 Å². The lowest BCUT2D eigenvalue weighted by Crippen LogP contribution is -2.14. The average molecular weight is 443 g/mol. The van der Waals surface area contributed by atoms with Crippen LogP contribution < -0.4 is 10.1 Å². The minimum atomic E-state index is -0.716. The first-order chi connectivity index (χ1) is 11.5. The van der Waals surface area contributed by atoms with E-state index >= 15 is 0 Å². The molecular formula is C17H12F2INO3. The normalized spacial score (nSPS) is 10.8. The first-order valence-corrected chi connectivity index (χ1v) is 8.04. The van der Waals surface area contributed by atoms with Gasteiger partial charge in [-0.1, -0.05) is 0 Å². The van der Waals surface area contributed by atoms with E-state index in [9.17, 15) is 13.6 Å². The highest BCUT2D eigenvalue weighted by molar-refractivity contribution is 14.1. The molecule has 0 aliphatic rings. The fourth-order valence-corrected chi connectivity index (χ4v) is 2.64. The van der Waals surface area contributed by atoms with Crippen LogP contribution in [0.15, 0.2) is 41.0 Å². The number of furan rings is 1. The maximum Gasteiger partial charge on any atom is 0.228 e. The Morgan fingerprint density at radius 2 is 1.96 bits per heavy atom. The van der Waals surface area contributed by atoms with Crippen molar-refractivity contribution in [2.75, 3.05) is 12.4 Å². The van der Waals surface area contributed by atoms with Gasteiger partial charge < -0.3 is 14.5 Å². The summed E-state index contributed by atoms with van der Waals surface area (Å²) < 4.78 is 37.5. The molecule has 3 aromatic rings. The number of methoxy groups -OCH3 is 1. The summed E-state index contributed by atoms with van der Waals surface area (Å²) in [5.41, 5.74) is 1.35. The summed E-state index contributed by atoms with van der Waals surface area (Å²) >= 11 is 1.57. The Morgan fingerprint density at radius 1 is 1.25 bits per heavy atom. The molecule has 1 amide bonds. The summed E-state index contributed by atoms with van der Waals surface area (Å²) in [6, 6.07) is 7.45. The van der Waals surface area contributed by atoms with Gasteiger partial charge in [-0.15, -0.1) is 0 Å². The van der Waals surface area contributed by atoms with Crippen LogP contribution in [0.4, 0.5) is 14.5 Å². The third kappa shape index (κ3) is 3.35. The summed E-state index contributed by atoms with van der Waals surface area (Å²) in [5.74, 6) is -1.18. The first kappa shape index (κ1) is 16.7. The van der Waals surface area contributed by atoms with Gasteiger partial charge in [-0.3, -0.25) is 4.79 Å². The van der Waals surface area contributed by atoms with Crippen LogP contribution in [-0.2, 0) is 11.2 Å². The van der Waals surface area contributed by atoms with Gasteiger partial charge >= 0.3 is 0 Å². The Bertz CT molecular complexity index is 900. The van der Waals surface area contributed by atoms with Gasteiger partial charge in [0.1, 0.15) is 23.0 Å². The van der Waals surface area contributed by atoms with Crippen molar-refractivity contribution in [3.05, 3.63) is 57.4 Å². The number of carbonyl (C=O) groups excluding carboxylic acids is 1. The molecule has 124 valence electrons. The molecule has 0 bridgehead atoms. The predicted molar refractivity (Wildman–Crippen MR) is 94.2 cm³/mol. The topological polar surface area (TPSA) is 51.5 Å². The fraction of sp³-hybridized carbons (Fsp3) is 0.118. The van der Waals surface area contributed by atoms with E-state index in [1.165, 1.54) is 6.26 Å². The summed E-state index contributed by atoms with van der Waals surface area (Å²) in [6.45, 7) is 0. The molecular weight excluding hydrogens is 431 g/mol. The van der Waals surface area contributed by atoms with Crippen molar-refractivity contribution in [3.8, 4) is 5.75 Å². The predicted octanol–water partition coefficient (Wildman–Crippen LogP) is 4.51. The number of carbonyl (C=O) groups is 1. The van der Waals surface area contributed by atoms with Crippen LogP contribution >= 0.6 is 22.6 Å². The van der Waals surface area contributed by atoms with Crippen molar-refractivity contribution in [3.63, 3.8) is 0 Å². The third-order valence-electron chi connectivity index (χ3n) is 3.48. The largest absolute Gasteiger partial charge is 0.497 e. The number of ether oxygens (including phenoxy) is 1. The van der Waals surface area contributed by atoms with E-state index in [4.69, 9.17) is 9.15 Å². The second-order valence-corrected chi connectivity index (χ2v) is 6.18. The lowest BCUT2D eigenvalue weighted by molar-refractivity contribution is -0.115. The molecule has 2 aromatic carbocycles. The number of benzene rings is 2. The van der Waals surface area contributed by atoms with Crippen LogP contribution in [0.1, 0.15) is 5.56 Å². The van der Waals surface area contributed by atoms with Crippen LogP contribution in [0.25, 0.3) is 11.0 Å². The number of rotatable bonds is 4. The number of fused-ring (bicyclic) bond motifs is 1. The summed E-state index contributed by atoms with van der Waals surface area (Å²) in [4.78, 5) is 12.1. The lowest BCUT2D eigenvalue weighted by atomic mass is 10.1. The van der Waals surface area contributed by atoms with Crippen LogP contribution in [0, 0.1) is 15.2 Å². The molecule has 1 heterocycles.